The van der Waals surface area contributed by atoms with Crippen molar-refractivity contribution in [2.24, 2.45) is 23.2 Å². The number of thiazole rings is 1. The van der Waals surface area contributed by atoms with Gasteiger partial charge in [-0.15, -0.1) is 10.2 Å². The van der Waals surface area contributed by atoms with Gasteiger partial charge in [0.2, 0.25) is 0 Å². The number of hydrogen-bond acceptors (Lipinski definition) is 8. The summed E-state index contributed by atoms with van der Waals surface area (Å²) in [5.74, 6) is 3.01. The molecule has 4 aliphatic carbocycles. The molecule has 0 amide bonds. The van der Waals surface area contributed by atoms with Crippen LogP contribution < -0.4 is 10.2 Å². The third-order valence-electron chi connectivity index (χ3n) is 11.4. The molecule has 47 heavy (non-hydrogen) atoms. The van der Waals surface area contributed by atoms with E-state index in [1.54, 1.807) is 11.3 Å². The van der Waals surface area contributed by atoms with Gasteiger partial charge in [-0.2, -0.15) is 5.10 Å². The van der Waals surface area contributed by atoms with Crippen molar-refractivity contribution in [3.8, 4) is 11.1 Å². The SMILES string of the molecule is Cc1c(-c2ccc3c(c2C(=O)O)CC(C)(C)N3c2ccc(Nc3nc4ccccc4s3)nn2)cnn1CC12CC3CC(CC(C3)C1)C2. The van der Waals surface area contributed by atoms with Crippen molar-refractivity contribution >= 4 is 50.0 Å². The molecule has 10 heteroatoms. The van der Waals surface area contributed by atoms with Crippen LogP contribution in [0.2, 0.25) is 0 Å². The fourth-order valence-corrected chi connectivity index (χ4v) is 10.9. The number of benzene rings is 2. The quantitative estimate of drug-likeness (QED) is 0.182. The number of aromatic nitrogens is 5. The van der Waals surface area contributed by atoms with E-state index in [2.05, 4.69) is 56.9 Å². The second-order valence-electron chi connectivity index (χ2n) is 15.2. The lowest BCUT2D eigenvalue weighted by atomic mass is 9.49. The Kier molecular flexibility index (Phi) is 6.36. The largest absolute Gasteiger partial charge is 0.478 e. The number of carbonyl (C=O) groups is 1. The fourth-order valence-electron chi connectivity index (χ4n) is 9.98. The molecule has 2 N–H and O–H groups in total. The van der Waals surface area contributed by atoms with Crippen LogP contribution in [-0.2, 0) is 13.0 Å². The minimum absolute atomic E-state index is 0.349. The van der Waals surface area contributed by atoms with Crippen LogP contribution in [0, 0.1) is 30.1 Å². The smallest absolute Gasteiger partial charge is 0.336 e. The van der Waals surface area contributed by atoms with Crippen molar-refractivity contribution in [2.75, 3.05) is 10.2 Å². The molecule has 5 aliphatic rings. The highest BCUT2D eigenvalue weighted by Gasteiger charge is 2.51. The van der Waals surface area contributed by atoms with Crippen LogP contribution in [-0.4, -0.2) is 41.6 Å². The Bertz CT molecular complexity index is 1980. The third kappa shape index (κ3) is 4.74. The van der Waals surface area contributed by atoms with Gasteiger partial charge in [0.1, 0.15) is 0 Å². The van der Waals surface area contributed by atoms with E-state index in [0.29, 0.717) is 29.0 Å². The fraction of sp³-hybridized carbons (Fsp3) is 0.432. The van der Waals surface area contributed by atoms with Gasteiger partial charge in [0.15, 0.2) is 16.8 Å². The van der Waals surface area contributed by atoms with Crippen molar-refractivity contribution < 1.29 is 9.90 Å². The minimum Gasteiger partial charge on any atom is -0.478 e. The van der Waals surface area contributed by atoms with Gasteiger partial charge in [0.25, 0.3) is 0 Å². The number of aromatic carboxylic acids is 1. The lowest BCUT2D eigenvalue weighted by Crippen LogP contribution is -2.48. The van der Waals surface area contributed by atoms with Crippen LogP contribution in [0.3, 0.4) is 0 Å². The van der Waals surface area contributed by atoms with Crippen molar-refractivity contribution in [3.05, 3.63) is 71.5 Å². The normalized spacial score (nSPS) is 25.4. The molecule has 10 rings (SSSR count). The lowest BCUT2D eigenvalue weighted by Gasteiger charge is -2.56. The van der Waals surface area contributed by atoms with Gasteiger partial charge in [-0.3, -0.25) is 4.68 Å². The molecule has 0 unspecified atom stereocenters. The van der Waals surface area contributed by atoms with E-state index in [1.807, 2.05) is 48.7 Å². The Balaban J connectivity index is 1.02. The van der Waals surface area contributed by atoms with Crippen molar-refractivity contribution in [2.45, 2.75) is 77.8 Å². The number of rotatable bonds is 7. The molecular weight excluding hydrogens is 607 g/mol. The van der Waals surface area contributed by atoms with Crippen molar-refractivity contribution in [1.82, 2.24) is 25.0 Å². The standard InChI is InChI=1S/C37H39N7O2S/c1-21-27(19-38-43(21)20-37-15-22-12-23(16-37)14-24(13-22)17-37)25-8-9-29-26(33(25)34(45)46)18-36(2,3)44(29)32-11-10-31(41-42-32)40-35-39-28-6-4-5-7-30(28)47-35/h4-11,19,22-24H,12-18,20H2,1-3H3,(H,45,46)(H,39,40,41). The van der Waals surface area contributed by atoms with Crippen LogP contribution >= 0.6 is 11.3 Å². The highest BCUT2D eigenvalue weighted by molar-refractivity contribution is 7.22. The highest BCUT2D eigenvalue weighted by Crippen LogP contribution is 2.60. The zero-order valence-electron chi connectivity index (χ0n) is 27.0. The molecule has 3 aromatic heterocycles. The van der Waals surface area contributed by atoms with Crippen molar-refractivity contribution in [1.29, 1.82) is 0 Å². The van der Waals surface area contributed by atoms with E-state index < -0.39 is 11.5 Å². The summed E-state index contributed by atoms with van der Waals surface area (Å²) in [5.41, 5.74) is 5.64. The summed E-state index contributed by atoms with van der Waals surface area (Å²) in [5, 5.41) is 28.7. The molecule has 4 fully saturated rings. The van der Waals surface area contributed by atoms with Crippen LogP contribution in [0.1, 0.15) is 74.0 Å². The van der Waals surface area contributed by atoms with E-state index in [0.717, 1.165) is 67.7 Å². The van der Waals surface area contributed by atoms with E-state index in [9.17, 15) is 9.90 Å². The van der Waals surface area contributed by atoms with Crippen LogP contribution in [0.4, 0.5) is 22.5 Å². The van der Waals surface area contributed by atoms with E-state index in [1.165, 1.54) is 38.5 Å². The number of hydrogen-bond donors (Lipinski definition) is 2. The maximum Gasteiger partial charge on any atom is 0.336 e. The predicted octanol–water partition coefficient (Wildman–Crippen LogP) is 8.39. The number of anilines is 4. The van der Waals surface area contributed by atoms with Crippen LogP contribution in [0.15, 0.2) is 54.7 Å². The first-order valence-electron chi connectivity index (χ1n) is 16.8. The summed E-state index contributed by atoms with van der Waals surface area (Å²) in [6.45, 7) is 7.31. The number of nitrogens with one attached hydrogen (secondary N) is 1. The monoisotopic (exact) mass is 645 g/mol. The topological polar surface area (TPSA) is 109 Å². The summed E-state index contributed by atoms with van der Waals surface area (Å²) in [6, 6.07) is 15.9. The average molecular weight is 646 g/mol. The maximum absolute atomic E-state index is 13.0. The Morgan fingerprint density at radius 1 is 0.979 bits per heavy atom. The van der Waals surface area contributed by atoms with Gasteiger partial charge in [-0.1, -0.05) is 29.5 Å². The summed E-state index contributed by atoms with van der Waals surface area (Å²) in [6.07, 6.45) is 10.7. The molecule has 0 atom stereocenters. The molecule has 4 bridgehead atoms. The molecule has 9 nitrogen and oxygen atoms in total. The van der Waals surface area contributed by atoms with Crippen LogP contribution in [0.5, 0.6) is 0 Å². The molecule has 4 heterocycles. The Morgan fingerprint density at radius 2 is 1.72 bits per heavy atom. The zero-order chi connectivity index (χ0) is 32.1. The highest BCUT2D eigenvalue weighted by atomic mass is 32.1. The Labute approximate surface area is 278 Å². The Morgan fingerprint density at radius 3 is 2.40 bits per heavy atom. The molecule has 5 aromatic rings. The third-order valence-corrected chi connectivity index (χ3v) is 12.4. The molecule has 0 spiro atoms. The van der Waals surface area contributed by atoms with Gasteiger partial charge in [-0.05, 0) is 125 Å². The first kappa shape index (κ1) is 28.9. The summed E-state index contributed by atoms with van der Waals surface area (Å²) >= 11 is 1.57. The number of nitrogens with zero attached hydrogens (tertiary/aromatic N) is 6. The number of carboxylic acid groups (broad SMARTS) is 1. The maximum atomic E-state index is 13.0. The van der Waals surface area contributed by atoms with Gasteiger partial charge < -0.3 is 15.3 Å². The van der Waals surface area contributed by atoms with Crippen LogP contribution in [0.25, 0.3) is 21.3 Å². The van der Waals surface area contributed by atoms with Gasteiger partial charge in [0, 0.05) is 34.6 Å². The second kappa shape index (κ2) is 10.3. The summed E-state index contributed by atoms with van der Waals surface area (Å²) < 4.78 is 3.28. The zero-order valence-corrected chi connectivity index (χ0v) is 27.8. The molecule has 0 saturated heterocycles. The number of para-hydroxylation sites is 1. The molecule has 2 aromatic carbocycles. The van der Waals surface area contributed by atoms with E-state index >= 15 is 0 Å². The summed E-state index contributed by atoms with van der Waals surface area (Å²) in [7, 11) is 0. The second-order valence-corrected chi connectivity index (χ2v) is 16.3. The Hall–Kier alpha value is -4.31. The van der Waals surface area contributed by atoms with Gasteiger partial charge in [0.05, 0.1) is 22.0 Å². The van der Waals surface area contributed by atoms with E-state index in [4.69, 9.17) is 5.10 Å². The van der Waals surface area contributed by atoms with E-state index in [-0.39, 0.29) is 0 Å². The molecule has 0 radical (unpaired) electrons. The average Bonchev–Trinajstić information content (AvgIpc) is 3.67. The molecular formula is C37H39N7O2S. The molecule has 240 valence electrons. The minimum atomic E-state index is -0.913. The van der Waals surface area contributed by atoms with Crippen molar-refractivity contribution in [3.63, 3.8) is 0 Å². The lowest BCUT2D eigenvalue weighted by molar-refractivity contribution is -0.0638. The molecule has 1 aliphatic heterocycles. The number of carboxylic acids is 1. The summed E-state index contributed by atoms with van der Waals surface area (Å²) in [4.78, 5) is 19.8. The number of fused-ring (bicyclic) bond motifs is 2. The van der Waals surface area contributed by atoms with Gasteiger partial charge in [-0.25, -0.2) is 9.78 Å². The van der Waals surface area contributed by atoms with Gasteiger partial charge >= 0.3 is 5.97 Å². The molecule has 4 saturated carbocycles. The first-order valence-corrected chi connectivity index (χ1v) is 17.6. The predicted molar refractivity (Wildman–Crippen MR) is 185 cm³/mol. The first-order chi connectivity index (χ1) is 22.6.